The zero-order valence-electron chi connectivity index (χ0n) is 19.8. The van der Waals surface area contributed by atoms with Gasteiger partial charge in [-0.25, -0.2) is 17.2 Å². The summed E-state index contributed by atoms with van der Waals surface area (Å²) in [6, 6.07) is 5.15. The van der Waals surface area contributed by atoms with E-state index < -0.39 is 21.5 Å². The zero-order valence-corrected chi connectivity index (χ0v) is 21.4. The summed E-state index contributed by atoms with van der Waals surface area (Å²) in [7, 11) is -3.32. The Hall–Kier alpha value is -1.29. The molecular weight excluding hydrogens is 484 g/mol. The first-order chi connectivity index (χ1) is 16.0. The molecule has 6 nitrogen and oxygen atoms in total. The first kappa shape index (κ1) is 25.8. The number of benzene rings is 1. The number of amides is 1. The molecule has 34 heavy (non-hydrogen) atoms. The first-order valence-corrected chi connectivity index (χ1v) is 14.1. The van der Waals surface area contributed by atoms with Crippen LogP contribution in [0.25, 0.3) is 0 Å². The Balaban J connectivity index is 1.55. The van der Waals surface area contributed by atoms with E-state index in [1.807, 2.05) is 19.9 Å². The summed E-state index contributed by atoms with van der Waals surface area (Å²) in [5, 5.41) is 3.34. The van der Waals surface area contributed by atoms with Crippen LogP contribution in [0.5, 0.6) is 0 Å². The minimum Gasteiger partial charge on any atom is -0.350 e. The summed E-state index contributed by atoms with van der Waals surface area (Å²) in [4.78, 5) is 15.2. The smallest absolute Gasteiger partial charge is 0.252 e. The number of hydrogen-bond acceptors (Lipinski definition) is 4. The van der Waals surface area contributed by atoms with E-state index in [1.165, 1.54) is 0 Å². The Bertz CT molecular complexity index is 1010. The van der Waals surface area contributed by atoms with E-state index in [4.69, 9.17) is 11.6 Å². The molecule has 0 radical (unpaired) electrons. The van der Waals surface area contributed by atoms with Gasteiger partial charge in [-0.1, -0.05) is 24.6 Å². The van der Waals surface area contributed by atoms with Gasteiger partial charge in [0.25, 0.3) is 5.91 Å². The molecule has 2 bridgehead atoms. The van der Waals surface area contributed by atoms with Crippen molar-refractivity contribution in [2.75, 3.05) is 25.4 Å². The third-order valence-corrected chi connectivity index (χ3v) is 10.0. The van der Waals surface area contributed by atoms with E-state index in [-0.39, 0.29) is 56.0 Å². The van der Waals surface area contributed by atoms with E-state index >= 15 is 0 Å². The van der Waals surface area contributed by atoms with Gasteiger partial charge < -0.3 is 5.32 Å². The monoisotopic (exact) mass is 517 g/mol. The van der Waals surface area contributed by atoms with Crippen molar-refractivity contribution in [3.63, 3.8) is 0 Å². The lowest BCUT2D eigenvalue weighted by molar-refractivity contribution is -0.100. The third kappa shape index (κ3) is 5.13. The number of halogens is 3. The number of sulfonamides is 1. The Morgan fingerprint density at radius 1 is 1.15 bits per heavy atom. The van der Waals surface area contributed by atoms with E-state index in [1.54, 1.807) is 16.4 Å². The molecule has 190 valence electrons. The number of piperazine rings is 1. The highest BCUT2D eigenvalue weighted by Gasteiger charge is 2.55. The lowest BCUT2D eigenvalue weighted by atomic mass is 9.77. The lowest BCUT2D eigenvalue weighted by Crippen LogP contribution is -2.67. The fourth-order valence-corrected chi connectivity index (χ4v) is 7.90. The van der Waals surface area contributed by atoms with Crippen LogP contribution in [0, 0.1) is 6.92 Å². The predicted octanol–water partition coefficient (Wildman–Crippen LogP) is 4.21. The molecule has 4 rings (SSSR count). The van der Waals surface area contributed by atoms with Gasteiger partial charge in [0.1, 0.15) is 0 Å². The molecule has 2 unspecified atom stereocenters. The second-order valence-electron chi connectivity index (χ2n) is 10.2. The maximum absolute atomic E-state index is 14.2. The van der Waals surface area contributed by atoms with Crippen molar-refractivity contribution in [1.82, 2.24) is 14.5 Å². The average molecular weight is 518 g/mol. The van der Waals surface area contributed by atoms with Crippen LogP contribution in [0.2, 0.25) is 5.02 Å². The van der Waals surface area contributed by atoms with E-state index in [0.29, 0.717) is 30.1 Å². The van der Waals surface area contributed by atoms with Gasteiger partial charge in [-0.2, -0.15) is 4.31 Å². The van der Waals surface area contributed by atoms with E-state index in [0.717, 1.165) is 18.4 Å². The summed E-state index contributed by atoms with van der Waals surface area (Å²) in [5.74, 6) is -2.91. The van der Waals surface area contributed by atoms with Crippen LogP contribution in [-0.4, -0.2) is 72.5 Å². The molecule has 10 heteroatoms. The van der Waals surface area contributed by atoms with Gasteiger partial charge >= 0.3 is 0 Å². The van der Waals surface area contributed by atoms with Crippen LogP contribution in [0.15, 0.2) is 18.2 Å². The Morgan fingerprint density at radius 2 is 1.76 bits per heavy atom. The molecule has 2 saturated heterocycles. The SMILES string of the molecule is CCCS(=O)(=O)N1CC2CCC(C1)N2C1(CNC(=O)c2ccc(C)cc2Cl)CCC(F)(F)CC1. The van der Waals surface area contributed by atoms with Crippen LogP contribution in [-0.2, 0) is 10.0 Å². The van der Waals surface area contributed by atoms with Gasteiger partial charge in [0.15, 0.2) is 0 Å². The van der Waals surface area contributed by atoms with Crippen LogP contribution in [0.3, 0.4) is 0 Å². The molecule has 0 aromatic heterocycles. The molecule has 3 aliphatic rings. The largest absolute Gasteiger partial charge is 0.350 e. The highest BCUT2D eigenvalue weighted by molar-refractivity contribution is 7.89. The van der Waals surface area contributed by atoms with Crippen LogP contribution >= 0.6 is 11.6 Å². The third-order valence-electron chi connectivity index (χ3n) is 7.71. The fraction of sp³-hybridized carbons (Fsp3) is 0.708. The summed E-state index contributed by atoms with van der Waals surface area (Å²) < 4.78 is 55.4. The molecule has 1 amide bonds. The standard InChI is InChI=1S/C24H34ClF2N3O3S/c1-3-12-34(32,33)29-14-18-5-6-19(15-29)30(18)23(8-10-24(26,27)11-9-23)16-28-22(31)20-7-4-17(2)13-21(20)25/h4,7,13,18-19H,3,5-6,8-12,14-16H2,1-2H3,(H,28,31). The van der Waals surface area contributed by atoms with Crippen LogP contribution in [0.4, 0.5) is 8.78 Å². The zero-order chi connectivity index (χ0) is 24.7. The number of fused-ring (bicyclic) bond motifs is 2. The molecule has 2 aliphatic heterocycles. The van der Waals surface area contributed by atoms with Gasteiger partial charge in [-0.3, -0.25) is 9.69 Å². The molecule has 1 aromatic rings. The Morgan fingerprint density at radius 3 is 2.32 bits per heavy atom. The molecule has 2 atom stereocenters. The highest BCUT2D eigenvalue weighted by Crippen LogP contribution is 2.47. The molecule has 2 heterocycles. The second-order valence-corrected chi connectivity index (χ2v) is 12.7. The van der Waals surface area contributed by atoms with Gasteiger partial charge in [0, 0.05) is 50.1 Å². The van der Waals surface area contributed by atoms with Crippen molar-refractivity contribution in [1.29, 1.82) is 0 Å². The molecule has 3 fully saturated rings. The van der Waals surface area contributed by atoms with Crippen molar-refractivity contribution in [2.24, 2.45) is 0 Å². The molecule has 1 saturated carbocycles. The van der Waals surface area contributed by atoms with Gasteiger partial charge in [0.05, 0.1) is 16.3 Å². The van der Waals surface area contributed by atoms with Crippen LogP contribution < -0.4 is 5.32 Å². The molecular formula is C24H34ClF2N3O3S. The summed E-state index contributed by atoms with van der Waals surface area (Å²) >= 11 is 6.27. The second kappa shape index (κ2) is 9.64. The number of carbonyl (C=O) groups is 1. The molecule has 1 aromatic carbocycles. The van der Waals surface area contributed by atoms with Crippen molar-refractivity contribution in [3.05, 3.63) is 34.3 Å². The summed E-state index contributed by atoms with van der Waals surface area (Å²) in [6.07, 6.45) is 2.28. The van der Waals surface area contributed by atoms with E-state index in [9.17, 15) is 22.0 Å². The topological polar surface area (TPSA) is 69.7 Å². The highest BCUT2D eigenvalue weighted by atomic mass is 35.5. The van der Waals surface area contributed by atoms with Crippen molar-refractivity contribution in [2.45, 2.75) is 82.3 Å². The minimum absolute atomic E-state index is 0.0306. The van der Waals surface area contributed by atoms with Crippen LogP contribution in [0.1, 0.15) is 67.8 Å². The van der Waals surface area contributed by atoms with E-state index in [2.05, 4.69) is 10.2 Å². The normalized spacial score (nSPS) is 27.0. The number of hydrogen-bond donors (Lipinski definition) is 1. The quantitative estimate of drug-likeness (QED) is 0.588. The summed E-state index contributed by atoms with van der Waals surface area (Å²) in [5.41, 5.74) is 0.683. The van der Waals surface area contributed by atoms with Crippen molar-refractivity contribution in [3.8, 4) is 0 Å². The fourth-order valence-electron chi connectivity index (χ4n) is 6.00. The van der Waals surface area contributed by atoms with Crippen molar-refractivity contribution < 1.29 is 22.0 Å². The predicted molar refractivity (Wildman–Crippen MR) is 129 cm³/mol. The number of nitrogens with zero attached hydrogens (tertiary/aromatic N) is 2. The maximum atomic E-state index is 14.2. The number of nitrogens with one attached hydrogen (secondary N) is 1. The summed E-state index contributed by atoms with van der Waals surface area (Å²) in [6.45, 7) is 4.74. The molecule has 1 aliphatic carbocycles. The van der Waals surface area contributed by atoms with Gasteiger partial charge in [-0.15, -0.1) is 0 Å². The average Bonchev–Trinajstić information content (AvgIpc) is 3.03. The van der Waals surface area contributed by atoms with Crippen molar-refractivity contribution >= 4 is 27.5 Å². The lowest BCUT2D eigenvalue weighted by Gasteiger charge is -2.54. The first-order valence-electron chi connectivity index (χ1n) is 12.1. The van der Waals surface area contributed by atoms with Gasteiger partial charge in [0.2, 0.25) is 15.9 Å². The van der Waals surface area contributed by atoms with Gasteiger partial charge in [-0.05, 0) is 56.7 Å². The Labute approximate surface area is 206 Å². The Kier molecular flexibility index (Phi) is 7.31. The minimum atomic E-state index is -3.32. The number of carbonyl (C=O) groups excluding carboxylic acids is 1. The number of aryl methyl sites for hydroxylation is 1. The number of alkyl halides is 2. The number of rotatable bonds is 7. The molecule has 1 N–H and O–H groups in total. The maximum Gasteiger partial charge on any atom is 0.252 e. The molecule has 0 spiro atoms.